The third kappa shape index (κ3) is 1.58. The average molecular weight is 284 g/mol. The van der Waals surface area contributed by atoms with Crippen LogP contribution in [-0.4, -0.2) is 29.0 Å². The minimum atomic E-state index is -1.30. The van der Waals surface area contributed by atoms with Gasteiger partial charge in [0.25, 0.3) is 5.79 Å². The van der Waals surface area contributed by atoms with Gasteiger partial charge in [-0.3, -0.25) is 4.79 Å². The van der Waals surface area contributed by atoms with E-state index in [2.05, 4.69) is 9.97 Å². The van der Waals surface area contributed by atoms with Crippen LogP contribution in [-0.2, 0) is 15.3 Å². The molecule has 1 aliphatic carbocycles. The fraction of sp³-hybridized carbons (Fsp3) is 0.375. The molecule has 2 heterocycles. The van der Waals surface area contributed by atoms with Crippen LogP contribution in [0.1, 0.15) is 41.6 Å². The molecule has 0 amide bonds. The quantitative estimate of drug-likeness (QED) is 0.874. The number of Topliss-reactive ketones (excluding diaryl/α,β-unsaturated/α-hetero) is 1. The van der Waals surface area contributed by atoms with Crippen LogP contribution in [0.3, 0.4) is 0 Å². The summed E-state index contributed by atoms with van der Waals surface area (Å²) < 4.78 is 11.5. The van der Waals surface area contributed by atoms with Crippen LogP contribution in [0, 0.1) is 0 Å². The lowest BCUT2D eigenvalue weighted by Gasteiger charge is -2.31. The van der Waals surface area contributed by atoms with Crippen LogP contribution in [0.5, 0.6) is 0 Å². The number of ketones is 1. The molecule has 5 nitrogen and oxygen atoms in total. The van der Waals surface area contributed by atoms with Gasteiger partial charge < -0.3 is 14.5 Å². The van der Waals surface area contributed by atoms with Crippen LogP contribution in [0.2, 0.25) is 0 Å². The van der Waals surface area contributed by atoms with E-state index >= 15 is 0 Å². The number of rotatable bonds is 1. The van der Waals surface area contributed by atoms with Gasteiger partial charge in [-0.15, -0.1) is 0 Å². The lowest BCUT2D eigenvalue weighted by molar-refractivity contribution is -0.126. The molecule has 1 aromatic carbocycles. The normalized spacial score (nSPS) is 19.1. The molecule has 1 N–H and O–H groups in total. The van der Waals surface area contributed by atoms with E-state index in [1.54, 1.807) is 0 Å². The first-order valence-electron chi connectivity index (χ1n) is 7.16. The van der Waals surface area contributed by atoms with Crippen molar-refractivity contribution in [2.75, 3.05) is 13.2 Å². The number of carbonyl (C=O) groups excluding carboxylic acids is 1. The van der Waals surface area contributed by atoms with E-state index in [0.717, 1.165) is 17.0 Å². The Morgan fingerprint density at radius 3 is 2.67 bits per heavy atom. The van der Waals surface area contributed by atoms with Gasteiger partial charge in [0.2, 0.25) is 5.78 Å². The molecule has 1 aliphatic heterocycles. The number of hydrogen-bond acceptors (Lipinski definition) is 4. The third-order valence-corrected chi connectivity index (χ3v) is 4.03. The van der Waals surface area contributed by atoms with E-state index in [9.17, 15) is 4.79 Å². The van der Waals surface area contributed by atoms with Crippen molar-refractivity contribution < 1.29 is 14.3 Å². The maximum atomic E-state index is 12.9. The Labute approximate surface area is 122 Å². The first kappa shape index (κ1) is 12.7. The number of aromatic amines is 1. The Balaban J connectivity index is 2.00. The molecular weight excluding hydrogens is 268 g/mol. The number of nitrogens with one attached hydrogen (secondary N) is 1. The van der Waals surface area contributed by atoms with Crippen molar-refractivity contribution >= 4 is 5.78 Å². The molecule has 0 saturated carbocycles. The zero-order chi connectivity index (χ0) is 14.6. The Hall–Kier alpha value is -1.98. The number of fused-ring (bicyclic) bond motifs is 4. The number of imidazole rings is 1. The second kappa shape index (κ2) is 4.26. The highest BCUT2D eigenvalue weighted by Crippen LogP contribution is 2.45. The number of hydrogen-bond donors (Lipinski definition) is 1. The number of carbonyl (C=O) groups is 1. The summed E-state index contributed by atoms with van der Waals surface area (Å²) in [5.41, 5.74) is 2.84. The lowest BCUT2D eigenvalue weighted by Crippen LogP contribution is -2.40. The predicted molar refractivity (Wildman–Crippen MR) is 76.0 cm³/mol. The van der Waals surface area contributed by atoms with E-state index in [4.69, 9.17) is 9.47 Å². The highest BCUT2D eigenvalue weighted by atomic mass is 16.7. The Kier molecular flexibility index (Phi) is 2.58. The standard InChI is InChI=1S/C16H16N2O3/c1-9(2)15-17-12-10-5-3-4-6-11(10)16(20-7-8-21-16)14(19)13(12)18-15/h3-6,9H,7-8H2,1-2H3,(H,17,18). The van der Waals surface area contributed by atoms with Crippen LogP contribution >= 0.6 is 0 Å². The molecular formula is C16H16N2O3. The minimum Gasteiger partial charge on any atom is -0.339 e. The molecule has 108 valence electrons. The average Bonchev–Trinajstić information content (AvgIpc) is 3.14. The zero-order valence-electron chi connectivity index (χ0n) is 12.0. The Bertz CT molecular complexity index is 727. The number of aromatic nitrogens is 2. The number of nitrogens with zero attached hydrogens (tertiary/aromatic N) is 1. The van der Waals surface area contributed by atoms with Crippen molar-refractivity contribution in [3.05, 3.63) is 41.3 Å². The first-order chi connectivity index (χ1) is 10.1. The molecule has 0 unspecified atom stereocenters. The lowest BCUT2D eigenvalue weighted by atomic mass is 9.86. The van der Waals surface area contributed by atoms with E-state index in [1.807, 2.05) is 38.1 Å². The summed E-state index contributed by atoms with van der Waals surface area (Å²) in [4.78, 5) is 20.7. The van der Waals surface area contributed by atoms with Gasteiger partial charge in [0.05, 0.1) is 13.2 Å². The second-order valence-corrected chi connectivity index (χ2v) is 5.69. The molecule has 2 aliphatic rings. The summed E-state index contributed by atoms with van der Waals surface area (Å²) in [5.74, 6) is -0.465. The van der Waals surface area contributed by atoms with Crippen molar-refractivity contribution in [1.29, 1.82) is 0 Å². The molecule has 1 spiro atoms. The van der Waals surface area contributed by atoms with E-state index in [-0.39, 0.29) is 11.7 Å². The van der Waals surface area contributed by atoms with Crippen molar-refractivity contribution in [3.8, 4) is 11.3 Å². The van der Waals surface area contributed by atoms with Gasteiger partial charge >= 0.3 is 0 Å². The van der Waals surface area contributed by atoms with Gasteiger partial charge in [0, 0.05) is 17.0 Å². The maximum absolute atomic E-state index is 12.9. The molecule has 1 fully saturated rings. The van der Waals surface area contributed by atoms with E-state index in [1.165, 1.54) is 0 Å². The SMILES string of the molecule is CC(C)c1nc2c([nH]1)C(=O)C1(OCCO1)c1ccccc1-2. The van der Waals surface area contributed by atoms with Gasteiger partial charge in [-0.25, -0.2) is 4.98 Å². The molecule has 4 rings (SSSR count). The molecule has 21 heavy (non-hydrogen) atoms. The fourth-order valence-electron chi connectivity index (χ4n) is 2.99. The smallest absolute Gasteiger partial charge is 0.263 e. The second-order valence-electron chi connectivity index (χ2n) is 5.69. The highest BCUT2D eigenvalue weighted by molar-refractivity contribution is 6.09. The monoisotopic (exact) mass is 284 g/mol. The largest absolute Gasteiger partial charge is 0.339 e. The molecule has 0 atom stereocenters. The van der Waals surface area contributed by atoms with Crippen LogP contribution in [0.15, 0.2) is 24.3 Å². The first-order valence-corrected chi connectivity index (χ1v) is 7.16. The van der Waals surface area contributed by atoms with E-state index < -0.39 is 5.79 Å². The van der Waals surface area contributed by atoms with Crippen LogP contribution < -0.4 is 0 Å². The number of ether oxygens (including phenoxy) is 2. The molecule has 2 aromatic rings. The summed E-state index contributed by atoms with van der Waals surface area (Å²) >= 11 is 0. The number of benzene rings is 1. The topological polar surface area (TPSA) is 64.2 Å². The van der Waals surface area contributed by atoms with Gasteiger partial charge in [0.1, 0.15) is 17.2 Å². The summed E-state index contributed by atoms with van der Waals surface area (Å²) in [7, 11) is 0. The Morgan fingerprint density at radius 1 is 1.24 bits per heavy atom. The van der Waals surface area contributed by atoms with Crippen molar-refractivity contribution in [3.63, 3.8) is 0 Å². The number of H-pyrrole nitrogens is 1. The Morgan fingerprint density at radius 2 is 1.95 bits per heavy atom. The summed E-state index contributed by atoms with van der Waals surface area (Å²) in [6, 6.07) is 7.66. The molecule has 0 radical (unpaired) electrons. The predicted octanol–water partition coefficient (Wildman–Crippen LogP) is 2.60. The minimum absolute atomic E-state index is 0.187. The zero-order valence-corrected chi connectivity index (χ0v) is 12.0. The highest BCUT2D eigenvalue weighted by Gasteiger charge is 2.52. The fourth-order valence-corrected chi connectivity index (χ4v) is 2.99. The van der Waals surface area contributed by atoms with Crippen molar-refractivity contribution in [2.45, 2.75) is 25.6 Å². The summed E-state index contributed by atoms with van der Waals surface area (Å²) in [6.07, 6.45) is 0. The van der Waals surface area contributed by atoms with Crippen LogP contribution in [0.25, 0.3) is 11.3 Å². The summed E-state index contributed by atoms with van der Waals surface area (Å²) in [6.45, 7) is 4.92. The van der Waals surface area contributed by atoms with Gasteiger partial charge in [-0.2, -0.15) is 0 Å². The van der Waals surface area contributed by atoms with Gasteiger partial charge in [-0.1, -0.05) is 38.1 Å². The van der Waals surface area contributed by atoms with Crippen molar-refractivity contribution in [2.24, 2.45) is 0 Å². The van der Waals surface area contributed by atoms with Crippen LogP contribution in [0.4, 0.5) is 0 Å². The molecule has 0 bridgehead atoms. The van der Waals surface area contributed by atoms with E-state index in [0.29, 0.717) is 24.6 Å². The van der Waals surface area contributed by atoms with Gasteiger partial charge in [-0.05, 0) is 0 Å². The summed E-state index contributed by atoms with van der Waals surface area (Å²) in [5, 5.41) is 0. The maximum Gasteiger partial charge on any atom is 0.263 e. The molecule has 1 saturated heterocycles. The van der Waals surface area contributed by atoms with Crippen molar-refractivity contribution in [1.82, 2.24) is 9.97 Å². The molecule has 1 aromatic heterocycles. The third-order valence-electron chi connectivity index (χ3n) is 4.03. The van der Waals surface area contributed by atoms with Gasteiger partial charge in [0.15, 0.2) is 0 Å². The molecule has 5 heteroatoms.